The van der Waals surface area contributed by atoms with Gasteiger partial charge in [0.2, 0.25) is 5.75 Å². The molecule has 7 nitrogen and oxygen atoms in total. The molecule has 0 unspecified atom stereocenters. The molecule has 1 saturated heterocycles. The maximum absolute atomic E-state index is 13.6. The van der Waals surface area contributed by atoms with Gasteiger partial charge in [0.05, 0.1) is 14.2 Å². The number of hydrogen-bond acceptors (Lipinski definition) is 6. The van der Waals surface area contributed by atoms with E-state index in [1.807, 2.05) is 4.90 Å². The van der Waals surface area contributed by atoms with E-state index in [0.29, 0.717) is 74.5 Å². The van der Waals surface area contributed by atoms with Crippen LogP contribution in [-0.4, -0.2) is 69.3 Å². The van der Waals surface area contributed by atoms with Crippen LogP contribution in [0.4, 0.5) is 4.39 Å². The summed E-state index contributed by atoms with van der Waals surface area (Å²) < 4.78 is 35.6. The summed E-state index contributed by atoms with van der Waals surface area (Å²) >= 11 is 0. The van der Waals surface area contributed by atoms with Crippen molar-refractivity contribution in [3.8, 4) is 23.0 Å². The summed E-state index contributed by atoms with van der Waals surface area (Å²) in [5.41, 5.74) is 1.31. The molecule has 0 radical (unpaired) electrons. The standard InChI is InChI=1S/C22H25FN2O5/c1-27-18-4-3-17(23)11-16(18)14-24-5-7-25(8-6-24)22(26)15-12-19(28-2)21-20(13-15)29-9-10-30-21/h3-4,11-13H,5-10,14H2,1-2H3. The third kappa shape index (κ3) is 4.14. The highest BCUT2D eigenvalue weighted by Gasteiger charge is 2.26. The lowest BCUT2D eigenvalue weighted by Gasteiger charge is -2.35. The third-order valence-electron chi connectivity index (χ3n) is 5.37. The van der Waals surface area contributed by atoms with Crippen molar-refractivity contribution < 1.29 is 28.1 Å². The number of hydrogen-bond donors (Lipinski definition) is 0. The average Bonchev–Trinajstić information content (AvgIpc) is 2.78. The Hall–Kier alpha value is -3.00. The number of amides is 1. The molecule has 30 heavy (non-hydrogen) atoms. The summed E-state index contributed by atoms with van der Waals surface area (Å²) in [7, 11) is 3.12. The van der Waals surface area contributed by atoms with Gasteiger partial charge in [-0.3, -0.25) is 9.69 Å². The Labute approximate surface area is 174 Å². The number of nitrogens with zero attached hydrogens (tertiary/aromatic N) is 2. The molecule has 160 valence electrons. The molecule has 8 heteroatoms. The lowest BCUT2D eigenvalue weighted by molar-refractivity contribution is 0.0626. The van der Waals surface area contributed by atoms with Crippen LogP contribution in [0.3, 0.4) is 0 Å². The molecule has 2 aliphatic rings. The maximum Gasteiger partial charge on any atom is 0.254 e. The minimum Gasteiger partial charge on any atom is -0.496 e. The van der Waals surface area contributed by atoms with Crippen LogP contribution < -0.4 is 18.9 Å². The molecule has 2 aromatic rings. The molecular weight excluding hydrogens is 391 g/mol. The van der Waals surface area contributed by atoms with Crippen molar-refractivity contribution in [1.29, 1.82) is 0 Å². The summed E-state index contributed by atoms with van der Waals surface area (Å²) in [6, 6.07) is 7.93. The van der Waals surface area contributed by atoms with Gasteiger partial charge in [-0.15, -0.1) is 0 Å². The largest absolute Gasteiger partial charge is 0.496 e. The highest BCUT2D eigenvalue weighted by atomic mass is 19.1. The predicted octanol–water partition coefficient (Wildman–Crippen LogP) is 2.57. The molecule has 0 aromatic heterocycles. The van der Waals surface area contributed by atoms with E-state index in [2.05, 4.69) is 4.90 Å². The lowest BCUT2D eigenvalue weighted by atomic mass is 10.1. The Morgan fingerprint density at radius 2 is 1.73 bits per heavy atom. The van der Waals surface area contributed by atoms with Crippen molar-refractivity contribution in [2.24, 2.45) is 0 Å². The van der Waals surface area contributed by atoms with E-state index < -0.39 is 0 Å². The Morgan fingerprint density at radius 3 is 2.47 bits per heavy atom. The molecule has 0 atom stereocenters. The van der Waals surface area contributed by atoms with Crippen LogP contribution in [0.5, 0.6) is 23.0 Å². The Balaban J connectivity index is 1.42. The number of rotatable bonds is 5. The summed E-state index contributed by atoms with van der Waals surface area (Å²) in [4.78, 5) is 17.0. The normalized spacial score (nSPS) is 16.3. The zero-order valence-corrected chi connectivity index (χ0v) is 17.2. The highest BCUT2D eigenvalue weighted by molar-refractivity contribution is 5.95. The Bertz CT molecular complexity index is 911. The minimum absolute atomic E-state index is 0.0757. The van der Waals surface area contributed by atoms with Crippen LogP contribution in [-0.2, 0) is 6.54 Å². The van der Waals surface area contributed by atoms with Crippen LogP contribution >= 0.6 is 0 Å². The number of piperazine rings is 1. The van der Waals surface area contributed by atoms with Crippen molar-refractivity contribution in [1.82, 2.24) is 9.80 Å². The lowest BCUT2D eigenvalue weighted by Crippen LogP contribution is -2.48. The van der Waals surface area contributed by atoms with Crippen molar-refractivity contribution >= 4 is 5.91 Å². The smallest absolute Gasteiger partial charge is 0.254 e. The van der Waals surface area contributed by atoms with E-state index in [-0.39, 0.29) is 11.7 Å². The molecule has 2 aliphatic heterocycles. The number of carbonyl (C=O) groups is 1. The first-order valence-electron chi connectivity index (χ1n) is 9.90. The van der Waals surface area contributed by atoms with Gasteiger partial charge in [-0.1, -0.05) is 0 Å². The molecule has 0 N–H and O–H groups in total. The molecule has 2 heterocycles. The van der Waals surface area contributed by atoms with Gasteiger partial charge >= 0.3 is 0 Å². The molecule has 2 aromatic carbocycles. The minimum atomic E-state index is -0.285. The molecule has 0 bridgehead atoms. The van der Waals surface area contributed by atoms with Gasteiger partial charge in [0.15, 0.2) is 11.5 Å². The number of methoxy groups -OCH3 is 2. The molecule has 1 amide bonds. The van der Waals surface area contributed by atoms with Crippen molar-refractivity contribution in [2.75, 3.05) is 53.6 Å². The average molecular weight is 416 g/mol. The first-order chi connectivity index (χ1) is 14.6. The van der Waals surface area contributed by atoms with Crippen LogP contribution in [0.1, 0.15) is 15.9 Å². The van der Waals surface area contributed by atoms with Crippen molar-refractivity contribution in [2.45, 2.75) is 6.54 Å². The zero-order valence-electron chi connectivity index (χ0n) is 17.2. The fourth-order valence-electron chi connectivity index (χ4n) is 3.80. The molecular formula is C22H25FN2O5. The van der Waals surface area contributed by atoms with E-state index in [9.17, 15) is 9.18 Å². The first-order valence-corrected chi connectivity index (χ1v) is 9.90. The SMILES string of the molecule is COc1ccc(F)cc1CN1CCN(C(=O)c2cc(OC)c3c(c2)OCCO3)CC1. The second kappa shape index (κ2) is 8.79. The van der Waals surface area contributed by atoms with E-state index in [1.165, 1.54) is 12.1 Å². The number of benzene rings is 2. The van der Waals surface area contributed by atoms with Crippen LogP contribution in [0.15, 0.2) is 30.3 Å². The van der Waals surface area contributed by atoms with Gasteiger partial charge in [0.25, 0.3) is 5.91 Å². The number of fused-ring (bicyclic) bond motifs is 1. The molecule has 0 saturated carbocycles. The van der Waals surface area contributed by atoms with Gasteiger partial charge in [-0.2, -0.15) is 0 Å². The second-order valence-corrected chi connectivity index (χ2v) is 7.23. The Morgan fingerprint density at radius 1 is 1.00 bits per heavy atom. The van der Waals surface area contributed by atoms with Gasteiger partial charge < -0.3 is 23.8 Å². The van der Waals surface area contributed by atoms with Crippen LogP contribution in [0.25, 0.3) is 0 Å². The van der Waals surface area contributed by atoms with E-state index in [1.54, 1.807) is 32.4 Å². The zero-order chi connectivity index (χ0) is 21.1. The predicted molar refractivity (Wildman–Crippen MR) is 108 cm³/mol. The fourth-order valence-corrected chi connectivity index (χ4v) is 3.80. The van der Waals surface area contributed by atoms with Gasteiger partial charge in [0, 0.05) is 43.9 Å². The Kier molecular flexibility index (Phi) is 5.94. The summed E-state index contributed by atoms with van der Waals surface area (Å²) in [6.07, 6.45) is 0. The quantitative estimate of drug-likeness (QED) is 0.747. The number of ether oxygens (including phenoxy) is 4. The van der Waals surface area contributed by atoms with Gasteiger partial charge in [-0.05, 0) is 30.3 Å². The fraction of sp³-hybridized carbons (Fsp3) is 0.409. The highest BCUT2D eigenvalue weighted by Crippen LogP contribution is 2.40. The number of carbonyl (C=O) groups excluding carboxylic acids is 1. The van der Waals surface area contributed by atoms with Crippen LogP contribution in [0, 0.1) is 5.82 Å². The van der Waals surface area contributed by atoms with E-state index in [4.69, 9.17) is 18.9 Å². The second-order valence-electron chi connectivity index (χ2n) is 7.23. The van der Waals surface area contributed by atoms with E-state index >= 15 is 0 Å². The van der Waals surface area contributed by atoms with Gasteiger partial charge in [-0.25, -0.2) is 4.39 Å². The molecule has 0 aliphatic carbocycles. The third-order valence-corrected chi connectivity index (χ3v) is 5.37. The summed E-state index contributed by atoms with van der Waals surface area (Å²) in [6.45, 7) is 3.99. The van der Waals surface area contributed by atoms with E-state index in [0.717, 1.165) is 5.56 Å². The summed E-state index contributed by atoms with van der Waals surface area (Å²) in [5.74, 6) is 1.86. The van der Waals surface area contributed by atoms with Crippen molar-refractivity contribution in [3.05, 3.63) is 47.3 Å². The monoisotopic (exact) mass is 416 g/mol. The first kappa shape index (κ1) is 20.3. The van der Waals surface area contributed by atoms with Crippen molar-refractivity contribution in [3.63, 3.8) is 0 Å². The summed E-state index contributed by atoms with van der Waals surface area (Å²) in [5, 5.41) is 0. The topological polar surface area (TPSA) is 60.5 Å². The maximum atomic E-state index is 13.6. The van der Waals surface area contributed by atoms with Gasteiger partial charge in [0.1, 0.15) is 24.8 Å². The number of halogens is 1. The molecule has 0 spiro atoms. The molecule has 1 fully saturated rings. The molecule has 4 rings (SSSR count). The van der Waals surface area contributed by atoms with Crippen LogP contribution in [0.2, 0.25) is 0 Å².